The number of unbranched alkanes of at least 4 members (excludes halogenated alkanes) is 3. The Kier molecular flexibility index (Phi) is 7.78. The van der Waals surface area contributed by atoms with Gasteiger partial charge >= 0.3 is 0 Å². The van der Waals surface area contributed by atoms with Gasteiger partial charge in [0.05, 0.1) is 0 Å². The van der Waals surface area contributed by atoms with E-state index in [1.54, 1.807) is 6.07 Å². The molecular formula is C17H29FN2. The lowest BCUT2D eigenvalue weighted by molar-refractivity contribution is 0.174. The van der Waals surface area contributed by atoms with E-state index in [1.807, 2.05) is 19.1 Å². The minimum absolute atomic E-state index is 0.0518. The van der Waals surface area contributed by atoms with Crippen molar-refractivity contribution in [3.8, 4) is 0 Å². The summed E-state index contributed by atoms with van der Waals surface area (Å²) >= 11 is 0. The molecule has 114 valence electrons. The van der Waals surface area contributed by atoms with Crippen LogP contribution in [0.4, 0.5) is 4.39 Å². The number of nitrogens with two attached hydrogens (primary N) is 1. The van der Waals surface area contributed by atoms with Crippen LogP contribution in [0.3, 0.4) is 0 Å². The second kappa shape index (κ2) is 9.09. The van der Waals surface area contributed by atoms with E-state index < -0.39 is 0 Å². The van der Waals surface area contributed by atoms with Gasteiger partial charge in [-0.25, -0.2) is 4.39 Å². The fourth-order valence-corrected chi connectivity index (χ4v) is 2.64. The summed E-state index contributed by atoms with van der Waals surface area (Å²) < 4.78 is 13.9. The third kappa shape index (κ3) is 4.88. The van der Waals surface area contributed by atoms with Gasteiger partial charge in [-0.2, -0.15) is 0 Å². The summed E-state index contributed by atoms with van der Waals surface area (Å²) in [6.07, 6.45) is 6.07. The molecule has 0 radical (unpaired) electrons. The molecule has 1 aromatic rings. The molecule has 2 N–H and O–H groups in total. The maximum atomic E-state index is 13.9. The highest BCUT2D eigenvalue weighted by molar-refractivity contribution is 5.20. The van der Waals surface area contributed by atoms with Gasteiger partial charge in [-0.15, -0.1) is 0 Å². The molecule has 2 atom stereocenters. The normalized spacial score (nSPS) is 14.5. The summed E-state index contributed by atoms with van der Waals surface area (Å²) in [4.78, 5) is 2.21. The fraction of sp³-hybridized carbons (Fsp3) is 0.647. The van der Waals surface area contributed by atoms with Crippen molar-refractivity contribution in [3.63, 3.8) is 0 Å². The van der Waals surface area contributed by atoms with Crippen LogP contribution >= 0.6 is 0 Å². The molecule has 0 heterocycles. The Morgan fingerprint density at radius 1 is 1.20 bits per heavy atom. The van der Waals surface area contributed by atoms with Gasteiger partial charge in [0.15, 0.2) is 0 Å². The van der Waals surface area contributed by atoms with Crippen LogP contribution in [0.1, 0.15) is 57.6 Å². The third-order valence-electron chi connectivity index (χ3n) is 4.21. The largest absolute Gasteiger partial charge is 0.329 e. The molecule has 0 saturated heterocycles. The lowest BCUT2D eigenvalue weighted by atomic mass is 10.0. The number of benzene rings is 1. The minimum Gasteiger partial charge on any atom is -0.329 e. The predicted molar refractivity (Wildman–Crippen MR) is 84.2 cm³/mol. The van der Waals surface area contributed by atoms with Crippen LogP contribution in [-0.4, -0.2) is 24.5 Å². The summed E-state index contributed by atoms with van der Waals surface area (Å²) in [5.41, 5.74) is 6.66. The summed E-state index contributed by atoms with van der Waals surface area (Å²) in [6.45, 7) is 4.89. The highest BCUT2D eigenvalue weighted by Gasteiger charge is 2.21. The van der Waals surface area contributed by atoms with E-state index in [2.05, 4.69) is 18.9 Å². The lowest BCUT2D eigenvalue weighted by Gasteiger charge is -2.33. The fourth-order valence-electron chi connectivity index (χ4n) is 2.64. The van der Waals surface area contributed by atoms with Crippen molar-refractivity contribution < 1.29 is 4.39 Å². The molecule has 2 unspecified atom stereocenters. The first-order chi connectivity index (χ1) is 9.61. The lowest BCUT2D eigenvalue weighted by Crippen LogP contribution is -2.39. The third-order valence-corrected chi connectivity index (χ3v) is 4.21. The summed E-state index contributed by atoms with van der Waals surface area (Å²) in [5, 5.41) is 0. The molecule has 1 rings (SSSR count). The molecular weight excluding hydrogens is 251 g/mol. The molecule has 0 amide bonds. The summed E-state index contributed by atoms with van der Waals surface area (Å²) in [7, 11) is 2.05. The van der Waals surface area contributed by atoms with Gasteiger partial charge < -0.3 is 5.73 Å². The molecule has 0 saturated carbocycles. The van der Waals surface area contributed by atoms with E-state index in [1.165, 1.54) is 31.7 Å². The summed E-state index contributed by atoms with van der Waals surface area (Å²) in [5.74, 6) is -0.131. The van der Waals surface area contributed by atoms with Gasteiger partial charge in [-0.1, -0.05) is 50.8 Å². The molecule has 0 aliphatic carbocycles. The second-order valence-corrected chi connectivity index (χ2v) is 5.60. The number of likely N-dealkylation sites (N-methyl/N-ethyl adjacent to an activating group) is 1. The first kappa shape index (κ1) is 17.1. The van der Waals surface area contributed by atoms with Crippen molar-refractivity contribution in [1.82, 2.24) is 4.90 Å². The average molecular weight is 280 g/mol. The quantitative estimate of drug-likeness (QED) is 0.690. The van der Waals surface area contributed by atoms with Crippen LogP contribution in [0.2, 0.25) is 0 Å². The van der Waals surface area contributed by atoms with Gasteiger partial charge in [0.2, 0.25) is 0 Å². The zero-order valence-corrected chi connectivity index (χ0v) is 13.1. The number of hydrogen-bond donors (Lipinski definition) is 1. The Labute approximate surface area is 123 Å². The Bertz CT molecular complexity index is 381. The molecule has 0 fully saturated rings. The number of rotatable bonds is 9. The van der Waals surface area contributed by atoms with E-state index in [0.717, 1.165) is 12.0 Å². The van der Waals surface area contributed by atoms with Crippen molar-refractivity contribution in [3.05, 3.63) is 35.6 Å². The molecule has 3 heteroatoms. The Balaban J connectivity index is 2.61. The van der Waals surface area contributed by atoms with Crippen molar-refractivity contribution in [2.24, 2.45) is 5.73 Å². The van der Waals surface area contributed by atoms with E-state index in [-0.39, 0.29) is 11.9 Å². The number of nitrogens with zero attached hydrogens (tertiary/aromatic N) is 1. The Morgan fingerprint density at radius 2 is 1.90 bits per heavy atom. The number of hydrogen-bond acceptors (Lipinski definition) is 2. The zero-order valence-electron chi connectivity index (χ0n) is 13.1. The maximum Gasteiger partial charge on any atom is 0.127 e. The predicted octanol–water partition coefficient (Wildman–Crippen LogP) is 4.12. The van der Waals surface area contributed by atoms with E-state index >= 15 is 0 Å². The average Bonchev–Trinajstić information content (AvgIpc) is 2.46. The van der Waals surface area contributed by atoms with Crippen LogP contribution in [-0.2, 0) is 0 Å². The topological polar surface area (TPSA) is 29.3 Å². The van der Waals surface area contributed by atoms with Crippen molar-refractivity contribution >= 4 is 0 Å². The minimum atomic E-state index is -0.131. The van der Waals surface area contributed by atoms with E-state index in [0.29, 0.717) is 12.6 Å². The molecule has 1 aromatic carbocycles. The van der Waals surface area contributed by atoms with Crippen LogP contribution in [0, 0.1) is 5.82 Å². The Morgan fingerprint density at radius 3 is 2.50 bits per heavy atom. The van der Waals surface area contributed by atoms with E-state index in [4.69, 9.17) is 5.73 Å². The molecule has 0 bridgehead atoms. The molecule has 2 nitrogen and oxygen atoms in total. The molecule has 0 aliphatic rings. The van der Waals surface area contributed by atoms with Crippen LogP contribution in [0.15, 0.2) is 24.3 Å². The smallest absolute Gasteiger partial charge is 0.127 e. The van der Waals surface area contributed by atoms with Crippen LogP contribution in [0.25, 0.3) is 0 Å². The van der Waals surface area contributed by atoms with E-state index in [9.17, 15) is 4.39 Å². The monoisotopic (exact) mass is 280 g/mol. The van der Waals surface area contributed by atoms with Crippen molar-refractivity contribution in [1.29, 1.82) is 0 Å². The van der Waals surface area contributed by atoms with Crippen molar-refractivity contribution in [2.75, 3.05) is 13.6 Å². The van der Waals surface area contributed by atoms with Gasteiger partial charge in [0, 0.05) is 24.2 Å². The maximum absolute atomic E-state index is 13.9. The standard InChI is InChI=1S/C17H29FN2/c1-4-5-6-7-10-15(13-19)20(3)14(2)16-11-8-9-12-17(16)18/h8-9,11-12,14-15H,4-7,10,13,19H2,1-3H3. The second-order valence-electron chi connectivity index (χ2n) is 5.60. The van der Waals surface area contributed by atoms with Gasteiger partial charge in [0.1, 0.15) is 5.82 Å². The first-order valence-corrected chi connectivity index (χ1v) is 7.78. The molecule has 0 aliphatic heterocycles. The first-order valence-electron chi connectivity index (χ1n) is 7.78. The molecule has 0 aromatic heterocycles. The Hall–Kier alpha value is -0.930. The van der Waals surface area contributed by atoms with Gasteiger partial charge in [0.25, 0.3) is 0 Å². The number of halogens is 1. The van der Waals surface area contributed by atoms with Crippen molar-refractivity contribution in [2.45, 2.75) is 58.0 Å². The molecule has 20 heavy (non-hydrogen) atoms. The van der Waals surface area contributed by atoms with Crippen LogP contribution in [0.5, 0.6) is 0 Å². The molecule has 0 spiro atoms. The highest BCUT2D eigenvalue weighted by atomic mass is 19.1. The summed E-state index contributed by atoms with van der Waals surface area (Å²) in [6, 6.07) is 7.38. The van der Waals surface area contributed by atoms with Gasteiger partial charge in [-0.3, -0.25) is 4.90 Å². The highest BCUT2D eigenvalue weighted by Crippen LogP contribution is 2.24. The zero-order chi connectivity index (χ0) is 15.0. The van der Waals surface area contributed by atoms with Gasteiger partial charge in [-0.05, 0) is 26.5 Å². The van der Waals surface area contributed by atoms with Crippen LogP contribution < -0.4 is 5.73 Å². The SMILES string of the molecule is CCCCCCC(CN)N(C)C(C)c1ccccc1F.